The lowest BCUT2D eigenvalue weighted by molar-refractivity contribution is -0.121. The van der Waals surface area contributed by atoms with Crippen molar-refractivity contribution in [2.24, 2.45) is 5.92 Å². The number of aromatic nitrogens is 1. The molecule has 1 atom stereocenters. The van der Waals surface area contributed by atoms with Crippen molar-refractivity contribution < 1.29 is 14.4 Å². The van der Waals surface area contributed by atoms with Gasteiger partial charge in [0.2, 0.25) is 11.8 Å². The first kappa shape index (κ1) is 21.7. The molecule has 7 nitrogen and oxygen atoms in total. The van der Waals surface area contributed by atoms with Gasteiger partial charge >= 0.3 is 0 Å². The molecule has 1 unspecified atom stereocenters. The van der Waals surface area contributed by atoms with Crippen LogP contribution >= 0.6 is 11.3 Å². The molecule has 0 spiro atoms. The summed E-state index contributed by atoms with van der Waals surface area (Å²) >= 11 is 1.29. The van der Waals surface area contributed by atoms with Crippen molar-refractivity contribution in [3.63, 3.8) is 0 Å². The second kappa shape index (κ2) is 9.74. The molecule has 1 heterocycles. The molecule has 3 N–H and O–H groups in total. The van der Waals surface area contributed by atoms with Gasteiger partial charge in [-0.25, -0.2) is 4.98 Å². The first-order valence-corrected chi connectivity index (χ1v) is 11.4. The number of thiazole rings is 1. The van der Waals surface area contributed by atoms with Crippen molar-refractivity contribution in [3.8, 4) is 0 Å². The minimum Gasteiger partial charge on any atom is -0.349 e. The van der Waals surface area contributed by atoms with Crippen LogP contribution < -0.4 is 16.0 Å². The standard InChI is InChI=1S/C24H24N4O3S/c1-15(16-9-11-19(12-10-16)26-22(30)18-7-8-18)25-21(29)13-20-14-32-24(27-20)28-23(31)17-5-3-2-4-6-17/h2-6,9-12,14-15,18H,7-8,13H2,1H3,(H,25,29)(H,26,30)(H,27,28,31). The molecule has 0 saturated heterocycles. The zero-order valence-corrected chi connectivity index (χ0v) is 18.4. The third kappa shape index (κ3) is 5.79. The van der Waals surface area contributed by atoms with E-state index in [-0.39, 0.29) is 36.1 Å². The maximum atomic E-state index is 12.5. The molecule has 0 bridgehead atoms. The van der Waals surface area contributed by atoms with Crippen LogP contribution in [0.15, 0.2) is 60.0 Å². The summed E-state index contributed by atoms with van der Waals surface area (Å²) < 4.78 is 0. The molecule has 3 aromatic rings. The van der Waals surface area contributed by atoms with Crippen LogP contribution in [0, 0.1) is 5.92 Å². The highest BCUT2D eigenvalue weighted by atomic mass is 32.1. The predicted molar refractivity (Wildman–Crippen MR) is 125 cm³/mol. The Morgan fingerprint density at radius 2 is 1.75 bits per heavy atom. The third-order valence-electron chi connectivity index (χ3n) is 5.15. The zero-order valence-electron chi connectivity index (χ0n) is 17.6. The average molecular weight is 449 g/mol. The first-order chi connectivity index (χ1) is 15.5. The van der Waals surface area contributed by atoms with Crippen molar-refractivity contribution in [2.45, 2.75) is 32.2 Å². The van der Waals surface area contributed by atoms with E-state index >= 15 is 0 Å². The molecule has 1 saturated carbocycles. The van der Waals surface area contributed by atoms with Gasteiger partial charge in [0.25, 0.3) is 5.91 Å². The number of carbonyl (C=O) groups excluding carboxylic acids is 3. The van der Waals surface area contributed by atoms with Crippen LogP contribution in [0.3, 0.4) is 0 Å². The third-order valence-corrected chi connectivity index (χ3v) is 5.96. The molecule has 164 valence electrons. The van der Waals surface area contributed by atoms with Crippen LogP contribution in [0.4, 0.5) is 10.8 Å². The van der Waals surface area contributed by atoms with Gasteiger partial charge in [-0.3, -0.25) is 19.7 Å². The highest BCUT2D eigenvalue weighted by Gasteiger charge is 2.29. The van der Waals surface area contributed by atoms with Crippen molar-refractivity contribution in [3.05, 3.63) is 76.8 Å². The summed E-state index contributed by atoms with van der Waals surface area (Å²) in [5, 5.41) is 10.8. The lowest BCUT2D eigenvalue weighted by Crippen LogP contribution is -2.28. The lowest BCUT2D eigenvalue weighted by atomic mass is 10.1. The maximum absolute atomic E-state index is 12.5. The second-order valence-electron chi connectivity index (χ2n) is 7.82. The second-order valence-corrected chi connectivity index (χ2v) is 8.67. The molecule has 1 aromatic heterocycles. The smallest absolute Gasteiger partial charge is 0.257 e. The van der Waals surface area contributed by atoms with Crippen LogP contribution in [0.5, 0.6) is 0 Å². The number of benzene rings is 2. The Hall–Kier alpha value is -3.52. The van der Waals surface area contributed by atoms with Crippen molar-refractivity contribution in [2.75, 3.05) is 10.6 Å². The molecule has 1 fully saturated rings. The Balaban J connectivity index is 1.27. The Labute approximate surface area is 190 Å². The molecule has 8 heteroatoms. The number of hydrogen-bond donors (Lipinski definition) is 3. The van der Waals surface area contributed by atoms with Gasteiger partial charge in [0, 0.05) is 22.5 Å². The van der Waals surface area contributed by atoms with Crippen LogP contribution in [0.2, 0.25) is 0 Å². The van der Waals surface area contributed by atoms with Crippen LogP contribution in [0.1, 0.15) is 47.4 Å². The molecule has 2 aromatic carbocycles. The largest absolute Gasteiger partial charge is 0.349 e. The van der Waals surface area contributed by atoms with Crippen LogP contribution in [-0.4, -0.2) is 22.7 Å². The predicted octanol–water partition coefficient (Wildman–Crippen LogP) is 4.16. The van der Waals surface area contributed by atoms with E-state index in [1.54, 1.807) is 29.6 Å². The SMILES string of the molecule is CC(NC(=O)Cc1csc(NC(=O)c2ccccc2)n1)c1ccc(NC(=O)C2CC2)cc1. The zero-order chi connectivity index (χ0) is 22.5. The Morgan fingerprint density at radius 3 is 2.44 bits per heavy atom. The van der Waals surface area contributed by atoms with E-state index in [1.807, 2.05) is 37.3 Å². The molecule has 32 heavy (non-hydrogen) atoms. The van der Waals surface area contributed by atoms with Gasteiger partial charge < -0.3 is 10.6 Å². The number of rotatable bonds is 8. The van der Waals surface area contributed by atoms with E-state index in [0.29, 0.717) is 16.4 Å². The summed E-state index contributed by atoms with van der Waals surface area (Å²) in [4.78, 5) is 40.9. The number of hydrogen-bond acceptors (Lipinski definition) is 5. The fourth-order valence-corrected chi connectivity index (χ4v) is 3.90. The molecular weight excluding hydrogens is 424 g/mol. The normalized spacial score (nSPS) is 13.8. The average Bonchev–Trinajstić information content (AvgIpc) is 3.56. The fourth-order valence-electron chi connectivity index (χ4n) is 3.19. The highest BCUT2D eigenvalue weighted by molar-refractivity contribution is 7.14. The van der Waals surface area contributed by atoms with E-state index in [1.165, 1.54) is 11.3 Å². The Bertz CT molecular complexity index is 1110. The molecule has 0 aliphatic heterocycles. The van der Waals surface area contributed by atoms with E-state index in [4.69, 9.17) is 0 Å². The highest BCUT2D eigenvalue weighted by Crippen LogP contribution is 2.30. The summed E-state index contributed by atoms with van der Waals surface area (Å²) in [6.07, 6.45) is 2.05. The molecule has 4 rings (SSSR count). The van der Waals surface area contributed by atoms with E-state index < -0.39 is 0 Å². The van der Waals surface area contributed by atoms with Gasteiger partial charge in [-0.1, -0.05) is 30.3 Å². The summed E-state index contributed by atoms with van der Waals surface area (Å²) in [6.45, 7) is 1.91. The summed E-state index contributed by atoms with van der Waals surface area (Å²) in [5.41, 5.74) is 2.85. The van der Waals surface area contributed by atoms with Crippen molar-refractivity contribution >= 4 is 39.9 Å². The van der Waals surface area contributed by atoms with Gasteiger partial charge in [0.1, 0.15) is 0 Å². The molecule has 1 aliphatic carbocycles. The summed E-state index contributed by atoms with van der Waals surface area (Å²) in [7, 11) is 0. The topological polar surface area (TPSA) is 100 Å². The first-order valence-electron chi connectivity index (χ1n) is 10.5. The maximum Gasteiger partial charge on any atom is 0.257 e. The minimum absolute atomic E-state index is 0.0710. The minimum atomic E-state index is -0.235. The molecule has 1 aliphatic rings. The fraction of sp³-hybridized carbons (Fsp3) is 0.250. The number of amides is 3. The van der Waals surface area contributed by atoms with Gasteiger partial charge in [0.05, 0.1) is 18.2 Å². The summed E-state index contributed by atoms with van der Waals surface area (Å²) in [6, 6.07) is 16.2. The monoisotopic (exact) mass is 448 g/mol. The number of anilines is 2. The van der Waals surface area contributed by atoms with Crippen LogP contribution in [0.25, 0.3) is 0 Å². The Kier molecular flexibility index (Phi) is 6.61. The number of nitrogens with one attached hydrogen (secondary N) is 3. The van der Waals surface area contributed by atoms with Gasteiger partial charge in [-0.15, -0.1) is 11.3 Å². The van der Waals surface area contributed by atoms with Crippen molar-refractivity contribution in [1.29, 1.82) is 0 Å². The molecule has 3 amide bonds. The number of carbonyl (C=O) groups is 3. The van der Waals surface area contributed by atoms with E-state index in [0.717, 1.165) is 24.1 Å². The quantitative estimate of drug-likeness (QED) is 0.482. The van der Waals surface area contributed by atoms with Gasteiger partial charge in [0.15, 0.2) is 5.13 Å². The van der Waals surface area contributed by atoms with Crippen LogP contribution in [-0.2, 0) is 16.0 Å². The van der Waals surface area contributed by atoms with E-state index in [2.05, 4.69) is 20.9 Å². The van der Waals surface area contributed by atoms with Gasteiger partial charge in [-0.05, 0) is 49.6 Å². The van der Waals surface area contributed by atoms with E-state index in [9.17, 15) is 14.4 Å². The number of nitrogens with zero attached hydrogens (tertiary/aromatic N) is 1. The van der Waals surface area contributed by atoms with Gasteiger partial charge in [-0.2, -0.15) is 0 Å². The van der Waals surface area contributed by atoms with Crippen molar-refractivity contribution in [1.82, 2.24) is 10.3 Å². The molecule has 0 radical (unpaired) electrons. The lowest BCUT2D eigenvalue weighted by Gasteiger charge is -2.15. The molecular formula is C24H24N4O3S. The summed E-state index contributed by atoms with van der Waals surface area (Å²) in [5.74, 6) is -0.163. The Morgan fingerprint density at radius 1 is 1.03 bits per heavy atom.